The van der Waals surface area contributed by atoms with E-state index in [4.69, 9.17) is 10.2 Å². The molecule has 1 rings (SSSR count). The van der Waals surface area contributed by atoms with Crippen molar-refractivity contribution in [1.29, 1.82) is 0 Å². The average Bonchev–Trinajstić information content (AvgIpc) is 2.34. The van der Waals surface area contributed by atoms with E-state index in [2.05, 4.69) is 16.6 Å². The van der Waals surface area contributed by atoms with Crippen molar-refractivity contribution in [3.63, 3.8) is 0 Å². The summed E-state index contributed by atoms with van der Waals surface area (Å²) in [4.78, 5) is 10.9. The molecule has 84 valence electrons. The standard InChI is InChI=1S/C12H12O4/c13-9-11(14)12(15)16-8-4-7-10-5-2-1-3-6-10/h1-3,5-6,11,13-14H,8-9H2. The van der Waals surface area contributed by atoms with Crippen LogP contribution in [0, 0.1) is 11.8 Å². The normalized spacial score (nSPS) is 11.1. The van der Waals surface area contributed by atoms with Crippen LogP contribution in [0.4, 0.5) is 0 Å². The van der Waals surface area contributed by atoms with Gasteiger partial charge in [-0.15, -0.1) is 0 Å². The minimum absolute atomic E-state index is 0.106. The van der Waals surface area contributed by atoms with Gasteiger partial charge < -0.3 is 14.9 Å². The Hall–Kier alpha value is -1.83. The van der Waals surface area contributed by atoms with Crippen molar-refractivity contribution in [2.24, 2.45) is 0 Å². The fourth-order valence-electron chi connectivity index (χ4n) is 0.938. The van der Waals surface area contributed by atoms with Gasteiger partial charge in [-0.25, -0.2) is 4.79 Å². The van der Waals surface area contributed by atoms with Gasteiger partial charge in [0.1, 0.15) is 0 Å². The summed E-state index contributed by atoms with van der Waals surface area (Å²) >= 11 is 0. The fourth-order valence-corrected chi connectivity index (χ4v) is 0.938. The summed E-state index contributed by atoms with van der Waals surface area (Å²) in [6.07, 6.45) is -1.49. The van der Waals surface area contributed by atoms with E-state index in [1.54, 1.807) is 0 Å². The molecule has 0 spiro atoms. The zero-order valence-corrected chi connectivity index (χ0v) is 8.59. The molecule has 0 radical (unpaired) electrons. The maximum absolute atomic E-state index is 10.9. The second-order valence-corrected chi connectivity index (χ2v) is 2.97. The van der Waals surface area contributed by atoms with Gasteiger partial charge in [0.2, 0.25) is 0 Å². The van der Waals surface area contributed by atoms with Gasteiger partial charge in [-0.05, 0) is 12.1 Å². The Morgan fingerprint density at radius 2 is 2.06 bits per heavy atom. The van der Waals surface area contributed by atoms with Crippen molar-refractivity contribution >= 4 is 5.97 Å². The quantitative estimate of drug-likeness (QED) is 0.553. The lowest BCUT2D eigenvalue weighted by atomic mass is 10.2. The molecule has 0 amide bonds. The van der Waals surface area contributed by atoms with Crippen LogP contribution in [0.15, 0.2) is 30.3 Å². The number of aliphatic hydroxyl groups excluding tert-OH is 2. The lowest BCUT2D eigenvalue weighted by Gasteiger charge is -2.04. The number of carbonyl (C=O) groups is 1. The molecule has 1 atom stereocenters. The van der Waals surface area contributed by atoms with E-state index < -0.39 is 18.7 Å². The molecule has 1 aromatic rings. The lowest BCUT2D eigenvalue weighted by Crippen LogP contribution is -2.26. The molecule has 0 fully saturated rings. The number of hydrogen-bond acceptors (Lipinski definition) is 4. The third kappa shape index (κ3) is 4.13. The van der Waals surface area contributed by atoms with Crippen LogP contribution in [0.1, 0.15) is 5.56 Å². The van der Waals surface area contributed by atoms with Gasteiger partial charge in [-0.3, -0.25) is 0 Å². The van der Waals surface area contributed by atoms with E-state index in [0.29, 0.717) is 0 Å². The highest BCUT2D eigenvalue weighted by atomic mass is 16.5. The van der Waals surface area contributed by atoms with E-state index in [1.165, 1.54) is 0 Å². The monoisotopic (exact) mass is 220 g/mol. The summed E-state index contributed by atoms with van der Waals surface area (Å²) in [6, 6.07) is 9.24. The second-order valence-electron chi connectivity index (χ2n) is 2.97. The van der Waals surface area contributed by atoms with E-state index in [-0.39, 0.29) is 6.61 Å². The largest absolute Gasteiger partial charge is 0.451 e. The number of carbonyl (C=O) groups excluding carboxylic acids is 1. The number of rotatable bonds is 3. The van der Waals surface area contributed by atoms with Gasteiger partial charge >= 0.3 is 5.97 Å². The number of hydrogen-bond donors (Lipinski definition) is 2. The Kier molecular flexibility index (Phi) is 5.06. The van der Waals surface area contributed by atoms with Crippen LogP contribution in [0.2, 0.25) is 0 Å². The van der Waals surface area contributed by atoms with Crippen molar-refractivity contribution < 1.29 is 19.7 Å². The first-order valence-electron chi connectivity index (χ1n) is 4.73. The van der Waals surface area contributed by atoms with Gasteiger partial charge in [0, 0.05) is 5.56 Å². The van der Waals surface area contributed by atoms with Crippen LogP contribution in [0.25, 0.3) is 0 Å². The number of aliphatic hydroxyl groups is 2. The van der Waals surface area contributed by atoms with E-state index >= 15 is 0 Å². The highest BCUT2D eigenvalue weighted by Crippen LogP contribution is 1.94. The summed E-state index contributed by atoms with van der Waals surface area (Å²) in [5, 5.41) is 17.3. The van der Waals surface area contributed by atoms with Crippen molar-refractivity contribution in [2.75, 3.05) is 13.2 Å². The number of esters is 1. The zero-order valence-electron chi connectivity index (χ0n) is 8.59. The third-order valence-electron chi connectivity index (χ3n) is 1.74. The molecular weight excluding hydrogens is 208 g/mol. The summed E-state index contributed by atoms with van der Waals surface area (Å²) in [5.74, 6) is 4.54. The first-order chi connectivity index (χ1) is 7.74. The molecule has 4 heteroatoms. The molecule has 16 heavy (non-hydrogen) atoms. The molecule has 0 aliphatic rings. The van der Waals surface area contributed by atoms with E-state index in [0.717, 1.165) is 5.56 Å². The van der Waals surface area contributed by atoms with Gasteiger partial charge in [-0.1, -0.05) is 30.0 Å². The highest BCUT2D eigenvalue weighted by Gasteiger charge is 2.13. The predicted octanol–water partition coefficient (Wildman–Crippen LogP) is -0.0655. The SMILES string of the molecule is O=C(OCC#Cc1ccccc1)C(O)CO. The average molecular weight is 220 g/mol. The van der Waals surface area contributed by atoms with Crippen molar-refractivity contribution in [1.82, 2.24) is 0 Å². The fraction of sp³-hybridized carbons (Fsp3) is 0.250. The van der Waals surface area contributed by atoms with Crippen molar-refractivity contribution in [3.8, 4) is 11.8 Å². The Labute approximate surface area is 93.5 Å². The summed E-state index contributed by atoms with van der Waals surface area (Å²) in [7, 11) is 0. The molecule has 0 heterocycles. The Balaban J connectivity index is 2.36. The molecule has 0 saturated carbocycles. The van der Waals surface area contributed by atoms with Gasteiger partial charge in [0.25, 0.3) is 0 Å². The van der Waals surface area contributed by atoms with Crippen LogP contribution in [-0.4, -0.2) is 35.5 Å². The van der Waals surface area contributed by atoms with Crippen LogP contribution < -0.4 is 0 Å². The molecular formula is C12H12O4. The molecule has 1 unspecified atom stereocenters. The Bertz CT molecular complexity index is 388. The zero-order chi connectivity index (χ0) is 11.8. The number of ether oxygens (including phenoxy) is 1. The van der Waals surface area contributed by atoms with Crippen molar-refractivity contribution in [2.45, 2.75) is 6.10 Å². The first-order valence-corrected chi connectivity index (χ1v) is 4.73. The van der Waals surface area contributed by atoms with Crippen LogP contribution in [0.3, 0.4) is 0 Å². The number of benzene rings is 1. The Morgan fingerprint density at radius 1 is 1.38 bits per heavy atom. The lowest BCUT2D eigenvalue weighted by molar-refractivity contribution is -0.153. The topological polar surface area (TPSA) is 66.8 Å². The van der Waals surface area contributed by atoms with Crippen molar-refractivity contribution in [3.05, 3.63) is 35.9 Å². The minimum Gasteiger partial charge on any atom is -0.451 e. The molecule has 4 nitrogen and oxygen atoms in total. The minimum atomic E-state index is -1.49. The van der Waals surface area contributed by atoms with Crippen LogP contribution in [-0.2, 0) is 9.53 Å². The van der Waals surface area contributed by atoms with Crippen LogP contribution >= 0.6 is 0 Å². The predicted molar refractivity (Wildman–Crippen MR) is 57.4 cm³/mol. The smallest absolute Gasteiger partial charge is 0.338 e. The summed E-state index contributed by atoms with van der Waals surface area (Å²) in [5.41, 5.74) is 0.821. The molecule has 2 N–H and O–H groups in total. The molecule has 0 bridgehead atoms. The van der Waals surface area contributed by atoms with E-state index in [9.17, 15) is 4.79 Å². The summed E-state index contributed by atoms with van der Waals surface area (Å²) in [6.45, 7) is -0.754. The first kappa shape index (κ1) is 12.2. The molecule has 0 saturated heterocycles. The third-order valence-corrected chi connectivity index (χ3v) is 1.74. The molecule has 0 aliphatic heterocycles. The van der Waals surface area contributed by atoms with Gasteiger partial charge in [0.15, 0.2) is 12.7 Å². The van der Waals surface area contributed by atoms with Gasteiger partial charge in [0.05, 0.1) is 6.61 Å². The second kappa shape index (κ2) is 6.62. The molecule has 0 aromatic heterocycles. The maximum atomic E-state index is 10.9. The highest BCUT2D eigenvalue weighted by molar-refractivity contribution is 5.74. The molecule has 1 aromatic carbocycles. The van der Waals surface area contributed by atoms with Crippen LogP contribution in [0.5, 0.6) is 0 Å². The maximum Gasteiger partial charge on any atom is 0.338 e. The summed E-state index contributed by atoms with van der Waals surface area (Å²) < 4.78 is 4.59. The Morgan fingerprint density at radius 3 is 2.69 bits per heavy atom. The van der Waals surface area contributed by atoms with Gasteiger partial charge in [-0.2, -0.15) is 0 Å². The molecule has 0 aliphatic carbocycles. The van der Waals surface area contributed by atoms with E-state index in [1.807, 2.05) is 30.3 Å².